The van der Waals surface area contributed by atoms with Crippen molar-refractivity contribution in [3.8, 4) is 22.3 Å². The summed E-state index contributed by atoms with van der Waals surface area (Å²) in [6, 6.07) is 24.4. The van der Waals surface area contributed by atoms with Crippen LogP contribution in [0.3, 0.4) is 0 Å². The number of benzene rings is 4. The number of carbonyl (C=O) groups excluding carboxylic acids is 1. The lowest BCUT2D eigenvalue weighted by molar-refractivity contribution is 0.0602. The summed E-state index contributed by atoms with van der Waals surface area (Å²) in [5.74, 6) is -0.346. The third kappa shape index (κ3) is 2.38. The minimum absolute atomic E-state index is 0.346. The van der Waals surface area contributed by atoms with Gasteiger partial charge < -0.3 is 4.74 Å². The Morgan fingerprint density at radius 2 is 1.64 bits per heavy atom. The van der Waals surface area contributed by atoms with Crippen LogP contribution in [0.1, 0.15) is 21.5 Å². The lowest BCUT2D eigenvalue weighted by Gasteiger charge is -2.19. The summed E-state index contributed by atoms with van der Waals surface area (Å²) in [6.45, 7) is 0. The van der Waals surface area contributed by atoms with E-state index in [0.29, 0.717) is 17.0 Å². The Labute approximate surface area is 168 Å². The molecule has 0 aromatic heterocycles. The molecule has 0 N–H and O–H groups in total. The molecule has 4 aromatic carbocycles. The summed E-state index contributed by atoms with van der Waals surface area (Å²) in [6.07, 6.45) is 0.691. The molecule has 0 aliphatic heterocycles. The number of halogens is 1. The van der Waals surface area contributed by atoms with Gasteiger partial charge in [0, 0.05) is 10.4 Å². The molecular formula is C25H17ClO2. The van der Waals surface area contributed by atoms with Crippen molar-refractivity contribution in [2.24, 2.45) is 0 Å². The van der Waals surface area contributed by atoms with Gasteiger partial charge in [0.25, 0.3) is 0 Å². The summed E-state index contributed by atoms with van der Waals surface area (Å²) in [5.41, 5.74) is 7.29. The smallest absolute Gasteiger partial charge is 0.338 e. The largest absolute Gasteiger partial charge is 0.465 e. The molecule has 2 nitrogen and oxygen atoms in total. The van der Waals surface area contributed by atoms with Gasteiger partial charge in [0.1, 0.15) is 0 Å². The number of hydrogen-bond donors (Lipinski definition) is 0. The number of ether oxygens (including phenoxy) is 1. The van der Waals surface area contributed by atoms with Crippen LogP contribution >= 0.6 is 11.6 Å². The molecule has 0 atom stereocenters. The van der Waals surface area contributed by atoms with Crippen molar-refractivity contribution in [1.29, 1.82) is 0 Å². The molecule has 0 saturated carbocycles. The summed E-state index contributed by atoms with van der Waals surface area (Å²) in [5, 5.41) is 2.30. The summed E-state index contributed by atoms with van der Waals surface area (Å²) in [4.78, 5) is 12.9. The van der Waals surface area contributed by atoms with Gasteiger partial charge in [-0.15, -0.1) is 0 Å². The number of hydrogen-bond acceptors (Lipinski definition) is 2. The van der Waals surface area contributed by atoms with Crippen molar-refractivity contribution in [2.75, 3.05) is 7.11 Å². The molecule has 1 aliphatic rings. The van der Waals surface area contributed by atoms with Crippen LogP contribution in [0.4, 0.5) is 0 Å². The van der Waals surface area contributed by atoms with E-state index >= 15 is 0 Å². The van der Waals surface area contributed by atoms with Crippen LogP contribution < -0.4 is 0 Å². The van der Waals surface area contributed by atoms with E-state index < -0.39 is 0 Å². The van der Waals surface area contributed by atoms with E-state index in [1.54, 1.807) is 0 Å². The minimum Gasteiger partial charge on any atom is -0.465 e. The lowest BCUT2D eigenvalue weighted by Crippen LogP contribution is -2.08. The van der Waals surface area contributed by atoms with Crippen LogP contribution in [-0.4, -0.2) is 13.1 Å². The standard InChI is InChI=1S/C25H17ClO2/c1-28-25(27)24-19-14-16-10-5-6-11-17(16)22(19)21(15-8-3-2-4-9-15)18-12-7-13-20(26)23(18)24/h2-13H,14H2,1H3. The van der Waals surface area contributed by atoms with E-state index in [2.05, 4.69) is 24.3 Å². The predicted molar refractivity (Wildman–Crippen MR) is 114 cm³/mol. The fourth-order valence-corrected chi connectivity index (χ4v) is 4.63. The molecule has 136 valence electrons. The molecule has 5 rings (SSSR count). The van der Waals surface area contributed by atoms with Gasteiger partial charge in [-0.25, -0.2) is 4.79 Å². The number of esters is 1. The van der Waals surface area contributed by atoms with Crippen molar-refractivity contribution in [2.45, 2.75) is 6.42 Å². The first-order valence-corrected chi connectivity index (χ1v) is 9.57. The zero-order valence-electron chi connectivity index (χ0n) is 15.3. The van der Waals surface area contributed by atoms with Crippen molar-refractivity contribution >= 4 is 28.3 Å². The number of fused-ring (bicyclic) bond motifs is 4. The third-order valence-corrected chi connectivity index (χ3v) is 5.81. The number of rotatable bonds is 2. The Morgan fingerprint density at radius 1 is 0.893 bits per heavy atom. The monoisotopic (exact) mass is 384 g/mol. The van der Waals surface area contributed by atoms with Crippen LogP contribution in [-0.2, 0) is 11.2 Å². The van der Waals surface area contributed by atoms with E-state index in [-0.39, 0.29) is 5.97 Å². The maximum Gasteiger partial charge on any atom is 0.338 e. The van der Waals surface area contributed by atoms with Gasteiger partial charge in [-0.05, 0) is 51.3 Å². The van der Waals surface area contributed by atoms with E-state index in [0.717, 1.165) is 33.0 Å². The lowest BCUT2D eigenvalue weighted by atomic mass is 9.85. The molecule has 0 bridgehead atoms. The molecule has 0 amide bonds. The Balaban J connectivity index is 2.03. The van der Waals surface area contributed by atoms with E-state index in [1.165, 1.54) is 18.2 Å². The zero-order valence-corrected chi connectivity index (χ0v) is 16.1. The molecule has 0 fully saturated rings. The number of carbonyl (C=O) groups is 1. The van der Waals surface area contributed by atoms with Gasteiger partial charge >= 0.3 is 5.97 Å². The quantitative estimate of drug-likeness (QED) is 0.324. The highest BCUT2D eigenvalue weighted by molar-refractivity contribution is 6.38. The van der Waals surface area contributed by atoms with Gasteiger partial charge in [0.05, 0.1) is 12.7 Å². The first-order valence-electron chi connectivity index (χ1n) is 9.19. The Bertz CT molecular complexity index is 1240. The average molecular weight is 385 g/mol. The molecule has 0 spiro atoms. The normalized spacial score (nSPS) is 11.9. The van der Waals surface area contributed by atoms with Gasteiger partial charge in [-0.2, -0.15) is 0 Å². The highest BCUT2D eigenvalue weighted by Crippen LogP contribution is 2.49. The van der Waals surface area contributed by atoms with Gasteiger partial charge in [-0.1, -0.05) is 78.3 Å². The van der Waals surface area contributed by atoms with Gasteiger partial charge in [-0.3, -0.25) is 0 Å². The molecule has 0 radical (unpaired) electrons. The third-order valence-electron chi connectivity index (χ3n) is 5.49. The second-order valence-electron chi connectivity index (χ2n) is 6.96. The minimum atomic E-state index is -0.346. The molecule has 28 heavy (non-hydrogen) atoms. The second-order valence-corrected chi connectivity index (χ2v) is 7.36. The Kier molecular flexibility index (Phi) is 3.96. The maximum atomic E-state index is 12.9. The summed E-state index contributed by atoms with van der Waals surface area (Å²) >= 11 is 6.63. The molecule has 0 heterocycles. The molecular weight excluding hydrogens is 368 g/mol. The van der Waals surface area contributed by atoms with E-state index in [1.807, 2.05) is 48.5 Å². The molecule has 4 aromatic rings. The maximum absolute atomic E-state index is 12.9. The zero-order chi connectivity index (χ0) is 19.3. The van der Waals surface area contributed by atoms with E-state index in [9.17, 15) is 4.79 Å². The SMILES string of the molecule is COC(=O)c1c2c(c(-c3ccccc3)c3cccc(Cl)c13)-c1ccccc1C2. The first-order chi connectivity index (χ1) is 13.7. The highest BCUT2D eigenvalue weighted by Gasteiger charge is 2.31. The first kappa shape index (κ1) is 17.0. The van der Waals surface area contributed by atoms with E-state index in [4.69, 9.17) is 16.3 Å². The van der Waals surface area contributed by atoms with Crippen molar-refractivity contribution < 1.29 is 9.53 Å². The van der Waals surface area contributed by atoms with Crippen LogP contribution in [0.5, 0.6) is 0 Å². The fraction of sp³-hybridized carbons (Fsp3) is 0.0800. The molecule has 0 unspecified atom stereocenters. The summed E-state index contributed by atoms with van der Waals surface area (Å²) in [7, 11) is 1.42. The Hall–Kier alpha value is -3.10. The molecule has 1 aliphatic carbocycles. The van der Waals surface area contributed by atoms with Gasteiger partial charge in [0.15, 0.2) is 0 Å². The summed E-state index contributed by atoms with van der Waals surface area (Å²) < 4.78 is 5.17. The second kappa shape index (κ2) is 6.50. The topological polar surface area (TPSA) is 26.3 Å². The van der Waals surface area contributed by atoms with Crippen molar-refractivity contribution in [1.82, 2.24) is 0 Å². The molecule has 0 saturated heterocycles. The Morgan fingerprint density at radius 3 is 2.43 bits per heavy atom. The average Bonchev–Trinajstić information content (AvgIpc) is 3.11. The predicted octanol–water partition coefficient (Wildman–Crippen LogP) is 6.52. The van der Waals surface area contributed by atoms with Crippen LogP contribution in [0.15, 0.2) is 72.8 Å². The number of methoxy groups -OCH3 is 1. The fourth-order valence-electron chi connectivity index (χ4n) is 4.36. The van der Waals surface area contributed by atoms with Crippen LogP contribution in [0.25, 0.3) is 33.0 Å². The highest BCUT2D eigenvalue weighted by atomic mass is 35.5. The van der Waals surface area contributed by atoms with Crippen LogP contribution in [0, 0.1) is 0 Å². The van der Waals surface area contributed by atoms with Crippen LogP contribution in [0.2, 0.25) is 5.02 Å². The van der Waals surface area contributed by atoms with Crippen molar-refractivity contribution in [3.63, 3.8) is 0 Å². The van der Waals surface area contributed by atoms with Gasteiger partial charge in [0.2, 0.25) is 0 Å². The van der Waals surface area contributed by atoms with Crippen molar-refractivity contribution in [3.05, 3.63) is 94.5 Å². The molecule has 3 heteroatoms.